The molecule has 0 unspecified atom stereocenters. The average molecular weight is 567 g/mol. The fourth-order valence-electron chi connectivity index (χ4n) is 4.35. The SMILES string of the molecule is CC.O=CN1CCN(C(=O)c2ccc(Nc3nccc(-c4ccc(S(=O)(=O)N5CCOCC5)cc4)n3)cc2)CC1. The van der Waals surface area contributed by atoms with Crippen LogP contribution in [-0.2, 0) is 19.6 Å². The molecule has 212 valence electrons. The minimum atomic E-state index is -3.57. The van der Waals surface area contributed by atoms with Gasteiger partial charge in [0.2, 0.25) is 22.4 Å². The van der Waals surface area contributed by atoms with E-state index in [1.54, 1.807) is 70.6 Å². The number of rotatable bonds is 7. The quantitative estimate of drug-likeness (QED) is 0.433. The Labute approximate surface area is 234 Å². The Bertz CT molecular complexity index is 1390. The predicted octanol–water partition coefficient (Wildman–Crippen LogP) is 2.85. The van der Waals surface area contributed by atoms with E-state index in [9.17, 15) is 18.0 Å². The van der Waals surface area contributed by atoms with Crippen LogP contribution in [0, 0.1) is 0 Å². The van der Waals surface area contributed by atoms with Gasteiger partial charge in [0, 0.05) is 62.3 Å². The van der Waals surface area contributed by atoms with Crippen LogP contribution < -0.4 is 5.32 Å². The van der Waals surface area contributed by atoms with Crippen molar-refractivity contribution in [1.82, 2.24) is 24.1 Å². The third kappa shape index (κ3) is 6.82. The van der Waals surface area contributed by atoms with Crippen molar-refractivity contribution in [1.29, 1.82) is 0 Å². The molecule has 0 radical (unpaired) electrons. The Hall–Kier alpha value is -3.87. The van der Waals surface area contributed by atoms with Crippen LogP contribution >= 0.6 is 0 Å². The lowest BCUT2D eigenvalue weighted by Gasteiger charge is -2.32. The zero-order chi connectivity index (χ0) is 28.5. The molecule has 0 spiro atoms. The van der Waals surface area contributed by atoms with Crippen LogP contribution in [0.2, 0.25) is 0 Å². The highest BCUT2D eigenvalue weighted by molar-refractivity contribution is 7.89. The van der Waals surface area contributed by atoms with E-state index >= 15 is 0 Å². The molecule has 2 saturated heterocycles. The van der Waals surface area contributed by atoms with Gasteiger partial charge in [0.25, 0.3) is 5.91 Å². The van der Waals surface area contributed by atoms with E-state index in [1.165, 1.54) is 4.31 Å². The van der Waals surface area contributed by atoms with Crippen molar-refractivity contribution in [3.8, 4) is 11.3 Å². The Kier molecular flexibility index (Phi) is 9.80. The number of piperazine rings is 1. The molecule has 11 nitrogen and oxygen atoms in total. The van der Waals surface area contributed by atoms with E-state index in [4.69, 9.17) is 4.74 Å². The number of ether oxygens (including phenoxy) is 1. The van der Waals surface area contributed by atoms with E-state index in [2.05, 4.69) is 15.3 Å². The minimum Gasteiger partial charge on any atom is -0.379 e. The second-order valence-corrected chi connectivity index (χ2v) is 10.9. The van der Waals surface area contributed by atoms with Gasteiger partial charge in [0.15, 0.2) is 0 Å². The van der Waals surface area contributed by atoms with Crippen LogP contribution in [0.3, 0.4) is 0 Å². The number of nitrogens with zero attached hydrogens (tertiary/aromatic N) is 5. The number of hydrogen-bond donors (Lipinski definition) is 1. The lowest BCUT2D eigenvalue weighted by Crippen LogP contribution is -2.48. The molecular weight excluding hydrogens is 532 g/mol. The predicted molar refractivity (Wildman–Crippen MR) is 152 cm³/mol. The second kappa shape index (κ2) is 13.5. The first-order chi connectivity index (χ1) is 19.4. The van der Waals surface area contributed by atoms with Crippen LogP contribution in [-0.4, -0.2) is 97.3 Å². The molecule has 0 saturated carbocycles. The summed E-state index contributed by atoms with van der Waals surface area (Å²) < 4.78 is 32.4. The molecule has 2 aliphatic rings. The van der Waals surface area contributed by atoms with Crippen molar-refractivity contribution in [3.05, 3.63) is 66.4 Å². The standard InChI is InChI=1S/C26H28N6O5S.C2H6/c33-19-30-11-13-31(14-12-30)25(34)21-1-5-22(6-2-21)28-26-27-10-9-24(29-26)20-3-7-23(8-4-20)38(35,36)32-15-17-37-18-16-32;1-2/h1-10,19H,11-18H2,(H,27,28,29);1-2H3. The summed E-state index contributed by atoms with van der Waals surface area (Å²) in [6.07, 6.45) is 2.44. The molecular formula is C28H34N6O5S. The van der Waals surface area contributed by atoms with Crippen molar-refractivity contribution in [2.45, 2.75) is 18.7 Å². The molecule has 1 aromatic heterocycles. The van der Waals surface area contributed by atoms with Crippen molar-refractivity contribution in [2.75, 3.05) is 57.8 Å². The van der Waals surface area contributed by atoms with Gasteiger partial charge in [-0.25, -0.2) is 18.4 Å². The lowest BCUT2D eigenvalue weighted by atomic mass is 10.1. The Morgan fingerprint density at radius 2 is 1.55 bits per heavy atom. The zero-order valence-corrected chi connectivity index (χ0v) is 23.5. The number of carbonyl (C=O) groups is 2. The van der Waals surface area contributed by atoms with Crippen molar-refractivity contribution in [3.63, 3.8) is 0 Å². The summed E-state index contributed by atoms with van der Waals surface area (Å²) >= 11 is 0. The minimum absolute atomic E-state index is 0.0700. The summed E-state index contributed by atoms with van der Waals surface area (Å²) in [7, 11) is -3.57. The molecule has 3 heterocycles. The summed E-state index contributed by atoms with van der Waals surface area (Å²) in [5.74, 6) is 0.302. The molecule has 40 heavy (non-hydrogen) atoms. The number of aromatic nitrogens is 2. The maximum Gasteiger partial charge on any atom is 0.253 e. The molecule has 2 aromatic carbocycles. The molecule has 2 aliphatic heterocycles. The van der Waals surface area contributed by atoms with E-state index < -0.39 is 10.0 Å². The topological polar surface area (TPSA) is 125 Å². The molecule has 2 fully saturated rings. The summed E-state index contributed by atoms with van der Waals surface area (Å²) in [5.41, 5.74) is 2.68. The highest BCUT2D eigenvalue weighted by Crippen LogP contribution is 2.24. The van der Waals surface area contributed by atoms with Crippen molar-refractivity contribution in [2.24, 2.45) is 0 Å². The number of amides is 2. The van der Waals surface area contributed by atoms with Gasteiger partial charge in [0.1, 0.15) is 0 Å². The van der Waals surface area contributed by atoms with E-state index in [0.717, 1.165) is 17.7 Å². The van der Waals surface area contributed by atoms with E-state index in [0.29, 0.717) is 69.7 Å². The number of sulfonamides is 1. The molecule has 1 N–H and O–H groups in total. The number of carbonyl (C=O) groups excluding carboxylic acids is 2. The van der Waals surface area contributed by atoms with Crippen LogP contribution in [0.4, 0.5) is 11.6 Å². The smallest absolute Gasteiger partial charge is 0.253 e. The number of morpholine rings is 1. The first-order valence-electron chi connectivity index (χ1n) is 13.3. The van der Waals surface area contributed by atoms with Gasteiger partial charge in [-0.2, -0.15) is 4.31 Å². The van der Waals surface area contributed by atoms with Gasteiger partial charge < -0.3 is 19.9 Å². The maximum atomic E-state index is 12.9. The first-order valence-corrected chi connectivity index (χ1v) is 14.8. The monoisotopic (exact) mass is 566 g/mol. The van der Waals surface area contributed by atoms with Gasteiger partial charge >= 0.3 is 0 Å². The molecule has 5 rings (SSSR count). The molecule has 0 bridgehead atoms. The third-order valence-electron chi connectivity index (χ3n) is 6.55. The van der Waals surface area contributed by atoms with E-state index in [1.807, 2.05) is 13.8 Å². The van der Waals surface area contributed by atoms with Crippen LogP contribution in [0.5, 0.6) is 0 Å². The summed E-state index contributed by atoms with van der Waals surface area (Å²) in [4.78, 5) is 36.1. The molecule has 3 aromatic rings. The fourth-order valence-corrected chi connectivity index (χ4v) is 5.76. The van der Waals surface area contributed by atoms with Crippen LogP contribution in [0.15, 0.2) is 65.7 Å². The number of hydrogen-bond acceptors (Lipinski definition) is 8. The van der Waals surface area contributed by atoms with Crippen LogP contribution in [0.25, 0.3) is 11.3 Å². The summed E-state index contributed by atoms with van der Waals surface area (Å²) in [6, 6.07) is 15.5. The molecule has 0 aliphatic carbocycles. The zero-order valence-electron chi connectivity index (χ0n) is 22.7. The first kappa shape index (κ1) is 29.1. The largest absolute Gasteiger partial charge is 0.379 e. The highest BCUT2D eigenvalue weighted by Gasteiger charge is 2.26. The van der Waals surface area contributed by atoms with Gasteiger partial charge in [-0.15, -0.1) is 0 Å². The normalized spacial score (nSPS) is 16.1. The van der Waals surface area contributed by atoms with Gasteiger partial charge in [-0.3, -0.25) is 9.59 Å². The van der Waals surface area contributed by atoms with Gasteiger partial charge in [0.05, 0.1) is 23.8 Å². The van der Waals surface area contributed by atoms with Crippen molar-refractivity contribution < 1.29 is 22.7 Å². The third-order valence-corrected chi connectivity index (χ3v) is 8.46. The van der Waals surface area contributed by atoms with Crippen LogP contribution in [0.1, 0.15) is 24.2 Å². The Morgan fingerprint density at radius 3 is 2.17 bits per heavy atom. The van der Waals surface area contributed by atoms with E-state index in [-0.39, 0.29) is 10.8 Å². The van der Waals surface area contributed by atoms with Gasteiger partial charge in [-0.05, 0) is 42.5 Å². The molecule has 12 heteroatoms. The average Bonchev–Trinajstić information content (AvgIpc) is 3.03. The lowest BCUT2D eigenvalue weighted by molar-refractivity contribution is -0.119. The van der Waals surface area contributed by atoms with Crippen molar-refractivity contribution >= 4 is 34.0 Å². The highest BCUT2D eigenvalue weighted by atomic mass is 32.2. The Balaban J connectivity index is 0.00000181. The summed E-state index contributed by atoms with van der Waals surface area (Å²) in [5, 5.41) is 3.14. The summed E-state index contributed by atoms with van der Waals surface area (Å²) in [6.45, 7) is 7.58. The second-order valence-electron chi connectivity index (χ2n) is 8.94. The fraction of sp³-hybridized carbons (Fsp3) is 0.357. The molecule has 2 amide bonds. The number of nitrogens with one attached hydrogen (secondary N) is 1. The number of anilines is 2. The maximum absolute atomic E-state index is 12.9. The Morgan fingerprint density at radius 1 is 0.900 bits per heavy atom. The molecule has 0 atom stereocenters. The number of benzene rings is 2. The van der Waals surface area contributed by atoms with Gasteiger partial charge in [-0.1, -0.05) is 26.0 Å².